The molecule has 0 radical (unpaired) electrons. The third-order valence-corrected chi connectivity index (χ3v) is 4.09. The summed E-state index contributed by atoms with van der Waals surface area (Å²) in [6, 6.07) is 6.36. The summed E-state index contributed by atoms with van der Waals surface area (Å²) >= 11 is 3.62. The molecule has 17 heavy (non-hydrogen) atoms. The van der Waals surface area contributed by atoms with Gasteiger partial charge in [-0.05, 0) is 40.9 Å². The Bertz CT molecular complexity index is 323. The molecule has 0 bridgehead atoms. The van der Waals surface area contributed by atoms with E-state index in [1.807, 2.05) is 0 Å². The summed E-state index contributed by atoms with van der Waals surface area (Å²) in [4.78, 5) is 0. The molecule has 0 aromatic heterocycles. The molecule has 1 nitrogen and oxygen atoms in total. The molecule has 1 aromatic rings. The van der Waals surface area contributed by atoms with Crippen LogP contribution in [-0.2, 0) is 0 Å². The van der Waals surface area contributed by atoms with Crippen LogP contribution in [0.2, 0.25) is 0 Å². The fourth-order valence-electron chi connectivity index (χ4n) is 1.91. The van der Waals surface area contributed by atoms with Crippen molar-refractivity contribution < 1.29 is 0 Å². The normalized spacial score (nSPS) is 10.5. The second-order valence-corrected chi connectivity index (χ2v) is 5.42. The Labute approximate surface area is 114 Å². The summed E-state index contributed by atoms with van der Waals surface area (Å²) in [5.74, 6) is 0. The highest BCUT2D eigenvalue weighted by Crippen LogP contribution is 2.25. The molecule has 96 valence electrons. The minimum absolute atomic E-state index is 1.08. The van der Waals surface area contributed by atoms with Crippen LogP contribution < -0.4 is 5.32 Å². The van der Waals surface area contributed by atoms with Gasteiger partial charge in [-0.25, -0.2) is 0 Å². The Morgan fingerprint density at radius 1 is 1.06 bits per heavy atom. The number of rotatable bonds is 8. The highest BCUT2D eigenvalue weighted by Gasteiger charge is 2.00. The Hall–Kier alpha value is -0.500. The van der Waals surface area contributed by atoms with Gasteiger partial charge in [-0.3, -0.25) is 0 Å². The van der Waals surface area contributed by atoms with Crippen LogP contribution in [0.4, 0.5) is 5.69 Å². The highest BCUT2D eigenvalue weighted by atomic mass is 79.9. The van der Waals surface area contributed by atoms with Gasteiger partial charge in [-0.15, -0.1) is 0 Å². The van der Waals surface area contributed by atoms with Crippen molar-refractivity contribution in [3.63, 3.8) is 0 Å². The van der Waals surface area contributed by atoms with Crippen molar-refractivity contribution in [3.8, 4) is 0 Å². The summed E-state index contributed by atoms with van der Waals surface area (Å²) < 4.78 is 1.20. The molecule has 0 atom stereocenters. The Morgan fingerprint density at radius 2 is 1.76 bits per heavy atom. The van der Waals surface area contributed by atoms with Gasteiger partial charge in [-0.2, -0.15) is 0 Å². The van der Waals surface area contributed by atoms with Gasteiger partial charge >= 0.3 is 0 Å². The number of hydrogen-bond acceptors (Lipinski definition) is 1. The van der Waals surface area contributed by atoms with Gasteiger partial charge in [-0.1, -0.05) is 51.2 Å². The molecule has 2 heteroatoms. The Balaban J connectivity index is 2.16. The quantitative estimate of drug-likeness (QED) is 0.622. The topological polar surface area (TPSA) is 12.0 Å². The van der Waals surface area contributed by atoms with E-state index in [0.29, 0.717) is 0 Å². The molecule has 0 aliphatic rings. The third kappa shape index (κ3) is 5.58. The van der Waals surface area contributed by atoms with Crippen molar-refractivity contribution in [1.82, 2.24) is 0 Å². The average molecular weight is 298 g/mol. The second-order valence-electron chi connectivity index (χ2n) is 4.63. The standard InChI is InChI=1S/C15H24BrN/c1-3-4-5-6-7-8-12-17-14-11-9-10-13(2)15(14)16/h9-11,17H,3-8,12H2,1-2H3. The summed E-state index contributed by atoms with van der Waals surface area (Å²) in [6.07, 6.45) is 8.10. The number of nitrogens with one attached hydrogen (secondary N) is 1. The number of unbranched alkanes of at least 4 members (excludes halogenated alkanes) is 5. The minimum Gasteiger partial charge on any atom is -0.384 e. The van der Waals surface area contributed by atoms with Crippen LogP contribution in [0.5, 0.6) is 0 Å². The molecule has 0 unspecified atom stereocenters. The Morgan fingerprint density at radius 3 is 2.53 bits per heavy atom. The first kappa shape index (κ1) is 14.6. The van der Waals surface area contributed by atoms with Crippen molar-refractivity contribution in [2.45, 2.75) is 52.4 Å². The van der Waals surface area contributed by atoms with Gasteiger partial charge in [0.25, 0.3) is 0 Å². The summed E-state index contributed by atoms with van der Waals surface area (Å²) in [5.41, 5.74) is 2.51. The molecule has 1 rings (SSSR count). The molecule has 0 heterocycles. The maximum absolute atomic E-state index is 3.62. The molecule has 0 aliphatic carbocycles. The van der Waals surface area contributed by atoms with Crippen molar-refractivity contribution >= 4 is 21.6 Å². The molecular weight excluding hydrogens is 274 g/mol. The van der Waals surface area contributed by atoms with Gasteiger partial charge in [0.05, 0.1) is 0 Å². The maximum Gasteiger partial charge on any atom is 0.0487 e. The van der Waals surface area contributed by atoms with Gasteiger partial charge in [0.15, 0.2) is 0 Å². The lowest BCUT2D eigenvalue weighted by atomic mass is 10.1. The monoisotopic (exact) mass is 297 g/mol. The molecule has 0 aliphatic heterocycles. The zero-order valence-electron chi connectivity index (χ0n) is 11.1. The molecule has 0 spiro atoms. The zero-order chi connectivity index (χ0) is 12.5. The molecular formula is C15H24BrN. The number of benzene rings is 1. The summed E-state index contributed by atoms with van der Waals surface area (Å²) in [7, 11) is 0. The van der Waals surface area contributed by atoms with E-state index in [-0.39, 0.29) is 0 Å². The molecule has 0 amide bonds. The zero-order valence-corrected chi connectivity index (χ0v) is 12.6. The first-order chi connectivity index (χ1) is 8.25. The predicted octanol–water partition coefficient (Wildman–Crippen LogP) is 5.53. The molecule has 1 N–H and O–H groups in total. The van der Waals surface area contributed by atoms with Crippen LogP contribution in [0.1, 0.15) is 51.0 Å². The van der Waals surface area contributed by atoms with Crippen LogP contribution in [0.3, 0.4) is 0 Å². The van der Waals surface area contributed by atoms with Gasteiger partial charge in [0, 0.05) is 16.7 Å². The smallest absolute Gasteiger partial charge is 0.0487 e. The van der Waals surface area contributed by atoms with Crippen LogP contribution in [-0.4, -0.2) is 6.54 Å². The number of halogens is 1. The minimum atomic E-state index is 1.08. The predicted molar refractivity (Wildman–Crippen MR) is 80.7 cm³/mol. The van der Waals surface area contributed by atoms with Crippen molar-refractivity contribution in [3.05, 3.63) is 28.2 Å². The van der Waals surface area contributed by atoms with E-state index < -0.39 is 0 Å². The molecule has 0 saturated carbocycles. The molecule has 1 aromatic carbocycles. The lowest BCUT2D eigenvalue weighted by Crippen LogP contribution is -2.02. The van der Waals surface area contributed by atoms with Crippen molar-refractivity contribution in [2.75, 3.05) is 11.9 Å². The van der Waals surface area contributed by atoms with Gasteiger partial charge in [0.2, 0.25) is 0 Å². The van der Waals surface area contributed by atoms with E-state index in [9.17, 15) is 0 Å². The van der Waals surface area contributed by atoms with Crippen LogP contribution >= 0.6 is 15.9 Å². The number of aryl methyl sites for hydroxylation is 1. The fourth-order valence-corrected chi connectivity index (χ4v) is 2.32. The highest BCUT2D eigenvalue weighted by molar-refractivity contribution is 9.10. The lowest BCUT2D eigenvalue weighted by Gasteiger charge is -2.10. The SMILES string of the molecule is CCCCCCCCNc1cccc(C)c1Br. The van der Waals surface area contributed by atoms with E-state index in [1.165, 1.54) is 54.2 Å². The van der Waals surface area contributed by atoms with E-state index in [4.69, 9.17) is 0 Å². The van der Waals surface area contributed by atoms with Crippen LogP contribution in [0.15, 0.2) is 22.7 Å². The summed E-state index contributed by atoms with van der Waals surface area (Å²) in [6.45, 7) is 5.46. The van der Waals surface area contributed by atoms with Gasteiger partial charge in [0.1, 0.15) is 0 Å². The maximum atomic E-state index is 3.62. The van der Waals surface area contributed by atoms with Crippen LogP contribution in [0, 0.1) is 6.92 Å². The second kappa shape index (κ2) is 8.57. The average Bonchev–Trinajstić information content (AvgIpc) is 2.33. The van der Waals surface area contributed by atoms with E-state index in [0.717, 1.165) is 6.54 Å². The van der Waals surface area contributed by atoms with E-state index in [1.54, 1.807) is 0 Å². The van der Waals surface area contributed by atoms with Crippen molar-refractivity contribution in [2.24, 2.45) is 0 Å². The van der Waals surface area contributed by atoms with Crippen LogP contribution in [0.25, 0.3) is 0 Å². The molecule has 0 fully saturated rings. The van der Waals surface area contributed by atoms with E-state index >= 15 is 0 Å². The first-order valence-electron chi connectivity index (χ1n) is 6.74. The summed E-state index contributed by atoms with van der Waals surface area (Å²) in [5, 5.41) is 3.50. The van der Waals surface area contributed by atoms with Gasteiger partial charge < -0.3 is 5.32 Å². The molecule has 0 saturated heterocycles. The lowest BCUT2D eigenvalue weighted by molar-refractivity contribution is 0.617. The largest absolute Gasteiger partial charge is 0.384 e. The van der Waals surface area contributed by atoms with E-state index in [2.05, 4.69) is 53.3 Å². The number of hydrogen-bond donors (Lipinski definition) is 1. The van der Waals surface area contributed by atoms with Crippen molar-refractivity contribution in [1.29, 1.82) is 0 Å². The first-order valence-corrected chi connectivity index (χ1v) is 7.54. The Kier molecular flexibility index (Phi) is 7.34. The number of anilines is 1. The third-order valence-electron chi connectivity index (χ3n) is 3.04. The fraction of sp³-hybridized carbons (Fsp3) is 0.600.